The molecule has 5 rings (SSSR count). The van der Waals surface area contributed by atoms with Crippen molar-refractivity contribution in [2.45, 2.75) is 59.4 Å². The lowest BCUT2D eigenvalue weighted by atomic mass is 9.67. The number of Topliss-reactive ketones (excluding diaryl/α,β-unsaturated/α-hetero) is 1. The summed E-state index contributed by atoms with van der Waals surface area (Å²) in [6, 6.07) is 15.5. The first-order valence-electron chi connectivity index (χ1n) is 13.9. The summed E-state index contributed by atoms with van der Waals surface area (Å²) in [5.74, 6) is -0.0756. The molecule has 1 unspecified atom stereocenters. The highest BCUT2D eigenvalue weighted by atomic mass is 35.5. The third-order valence-electron chi connectivity index (χ3n) is 7.90. The summed E-state index contributed by atoms with van der Waals surface area (Å²) in [6.07, 6.45) is 1.90. The van der Waals surface area contributed by atoms with Crippen LogP contribution in [0, 0.1) is 12.3 Å². The summed E-state index contributed by atoms with van der Waals surface area (Å²) in [7, 11) is 0. The average molecular weight is 562 g/mol. The zero-order chi connectivity index (χ0) is 28.4. The van der Waals surface area contributed by atoms with Crippen molar-refractivity contribution in [1.82, 2.24) is 14.9 Å². The maximum absolute atomic E-state index is 13.8. The van der Waals surface area contributed by atoms with Gasteiger partial charge in [0.2, 0.25) is 0 Å². The maximum atomic E-state index is 13.8. The van der Waals surface area contributed by atoms with E-state index < -0.39 is 17.3 Å². The molecule has 0 spiro atoms. The number of benzene rings is 2. The summed E-state index contributed by atoms with van der Waals surface area (Å²) < 4.78 is 13.8. The van der Waals surface area contributed by atoms with Crippen molar-refractivity contribution in [3.63, 3.8) is 0 Å². The van der Waals surface area contributed by atoms with Crippen molar-refractivity contribution in [2.75, 3.05) is 19.8 Å². The molecule has 0 fully saturated rings. The fourth-order valence-electron chi connectivity index (χ4n) is 5.77. The van der Waals surface area contributed by atoms with Gasteiger partial charge < -0.3 is 19.4 Å². The van der Waals surface area contributed by atoms with Crippen LogP contribution in [0.15, 0.2) is 71.1 Å². The van der Waals surface area contributed by atoms with Crippen LogP contribution in [-0.4, -0.2) is 41.1 Å². The minimum Gasteiger partial charge on any atom is -0.463 e. The largest absolute Gasteiger partial charge is 0.463 e. The van der Waals surface area contributed by atoms with Gasteiger partial charge in [0.1, 0.15) is 5.82 Å². The number of rotatable bonds is 9. The molecule has 2 heterocycles. The Bertz CT molecular complexity index is 1520. The van der Waals surface area contributed by atoms with Crippen LogP contribution in [0.3, 0.4) is 0 Å². The van der Waals surface area contributed by atoms with E-state index in [2.05, 4.69) is 20.9 Å². The lowest BCUT2D eigenvalue weighted by Gasteiger charge is -2.40. The number of carbonyl (C=O) groups is 2. The smallest absolute Gasteiger partial charge is 0.336 e. The molecule has 7 nitrogen and oxygen atoms in total. The van der Waals surface area contributed by atoms with Gasteiger partial charge >= 0.3 is 5.97 Å². The third-order valence-corrected chi connectivity index (χ3v) is 8.25. The summed E-state index contributed by atoms with van der Waals surface area (Å²) in [6.45, 7) is 9.50. The normalized spacial score (nSPS) is 18.6. The van der Waals surface area contributed by atoms with E-state index in [0.29, 0.717) is 48.8 Å². The molecule has 0 amide bonds. The third kappa shape index (κ3) is 5.32. The number of aromatic nitrogens is 2. The molecular formula is C32H36ClN3O4. The van der Waals surface area contributed by atoms with Crippen LogP contribution in [0.5, 0.6) is 0 Å². The minimum absolute atomic E-state index is 0.0335. The monoisotopic (exact) mass is 561 g/mol. The second kappa shape index (κ2) is 11.6. The molecule has 210 valence electrons. The standard InChI is InChI=1S/C32H36ClN3O4/c1-5-40-31(38)29-25(15-18-39-19-17-36-20(2)34-23-12-8-9-13-26(23)36)35-24-14-16-32(3,4)30(37)28(24)27(29)21-10-6-7-11-22(21)33/h6-13,27,35H,5,14-19H2,1-4H3. The number of esters is 1. The number of imidazole rings is 1. The Kier molecular flexibility index (Phi) is 8.15. The first kappa shape index (κ1) is 28.1. The summed E-state index contributed by atoms with van der Waals surface area (Å²) in [5, 5.41) is 3.98. The number of ether oxygens (including phenoxy) is 2. The molecule has 1 atom stereocenters. The molecule has 2 aromatic carbocycles. The quantitative estimate of drug-likeness (QED) is 0.245. The fourth-order valence-corrected chi connectivity index (χ4v) is 6.01. The Morgan fingerprint density at radius 2 is 1.90 bits per heavy atom. The summed E-state index contributed by atoms with van der Waals surface area (Å²) in [4.78, 5) is 31.9. The maximum Gasteiger partial charge on any atom is 0.336 e. The molecule has 0 bridgehead atoms. The van der Waals surface area contributed by atoms with Gasteiger partial charge in [-0.05, 0) is 50.5 Å². The Morgan fingerprint density at radius 3 is 2.67 bits per heavy atom. The van der Waals surface area contributed by atoms with E-state index in [9.17, 15) is 9.59 Å². The van der Waals surface area contributed by atoms with Crippen molar-refractivity contribution < 1.29 is 19.1 Å². The number of ketones is 1. The molecule has 8 heteroatoms. The molecule has 1 aromatic heterocycles. The van der Waals surface area contributed by atoms with E-state index in [0.717, 1.165) is 40.2 Å². The molecule has 0 saturated heterocycles. The second-order valence-electron chi connectivity index (χ2n) is 11.0. The first-order valence-corrected chi connectivity index (χ1v) is 14.3. The van der Waals surface area contributed by atoms with Crippen LogP contribution in [0.1, 0.15) is 57.3 Å². The number of allylic oxidation sites excluding steroid dienone is 2. The van der Waals surface area contributed by atoms with Gasteiger partial charge in [-0.3, -0.25) is 4.79 Å². The Balaban J connectivity index is 1.42. The van der Waals surface area contributed by atoms with E-state index in [1.165, 1.54) is 0 Å². The topological polar surface area (TPSA) is 82.4 Å². The van der Waals surface area contributed by atoms with Gasteiger partial charge in [0.25, 0.3) is 0 Å². The number of dihydropyridines is 1. The minimum atomic E-state index is -0.606. The molecular weight excluding hydrogens is 526 g/mol. The molecule has 40 heavy (non-hydrogen) atoms. The lowest BCUT2D eigenvalue weighted by Crippen LogP contribution is -2.41. The summed E-state index contributed by atoms with van der Waals surface area (Å²) >= 11 is 6.69. The first-order chi connectivity index (χ1) is 19.2. The van der Waals surface area contributed by atoms with Crippen molar-refractivity contribution in [2.24, 2.45) is 5.41 Å². The molecule has 1 N–H and O–H groups in total. The Morgan fingerprint density at radius 1 is 1.15 bits per heavy atom. The fraction of sp³-hybridized carbons (Fsp3) is 0.406. The van der Waals surface area contributed by atoms with Crippen LogP contribution in [-0.2, 0) is 25.6 Å². The van der Waals surface area contributed by atoms with Gasteiger partial charge in [0.05, 0.1) is 36.4 Å². The van der Waals surface area contributed by atoms with E-state index >= 15 is 0 Å². The van der Waals surface area contributed by atoms with Crippen LogP contribution in [0.2, 0.25) is 5.02 Å². The lowest BCUT2D eigenvalue weighted by molar-refractivity contribution is -0.138. The Labute approximate surface area is 240 Å². The van der Waals surface area contributed by atoms with Crippen molar-refractivity contribution in [3.05, 3.63) is 87.5 Å². The number of nitrogens with zero attached hydrogens (tertiary/aromatic N) is 2. The van der Waals surface area contributed by atoms with E-state index in [-0.39, 0.29) is 12.4 Å². The van der Waals surface area contributed by atoms with Crippen LogP contribution in [0.25, 0.3) is 11.0 Å². The van der Waals surface area contributed by atoms with Crippen molar-refractivity contribution in [3.8, 4) is 0 Å². The predicted molar refractivity (Wildman–Crippen MR) is 156 cm³/mol. The number of hydrogen-bond acceptors (Lipinski definition) is 6. The van der Waals surface area contributed by atoms with Crippen LogP contribution < -0.4 is 5.32 Å². The van der Waals surface area contributed by atoms with E-state index in [4.69, 9.17) is 21.1 Å². The zero-order valence-electron chi connectivity index (χ0n) is 23.6. The number of carbonyl (C=O) groups excluding carboxylic acids is 2. The zero-order valence-corrected chi connectivity index (χ0v) is 24.3. The Hall–Kier alpha value is -3.42. The summed E-state index contributed by atoms with van der Waals surface area (Å²) in [5.41, 5.74) is 4.87. The van der Waals surface area contributed by atoms with Crippen molar-refractivity contribution in [1.29, 1.82) is 0 Å². The molecule has 1 aliphatic heterocycles. The number of para-hydroxylation sites is 2. The van der Waals surface area contributed by atoms with Gasteiger partial charge in [-0.1, -0.05) is 55.8 Å². The van der Waals surface area contributed by atoms with Gasteiger partial charge in [-0.2, -0.15) is 0 Å². The number of hydrogen-bond donors (Lipinski definition) is 1. The van der Waals surface area contributed by atoms with E-state index in [1.54, 1.807) is 13.0 Å². The highest BCUT2D eigenvalue weighted by Crippen LogP contribution is 2.48. The number of aryl methyl sites for hydroxylation is 1. The average Bonchev–Trinajstić information content (AvgIpc) is 3.25. The van der Waals surface area contributed by atoms with Crippen LogP contribution >= 0.6 is 11.6 Å². The van der Waals surface area contributed by atoms with Crippen molar-refractivity contribution >= 4 is 34.4 Å². The van der Waals surface area contributed by atoms with Gasteiger partial charge in [0.15, 0.2) is 5.78 Å². The second-order valence-corrected chi connectivity index (χ2v) is 11.4. The highest BCUT2D eigenvalue weighted by Gasteiger charge is 2.46. The molecule has 1 aliphatic carbocycles. The number of nitrogens with one attached hydrogen (secondary N) is 1. The van der Waals surface area contributed by atoms with E-state index in [1.807, 2.05) is 57.2 Å². The van der Waals surface area contributed by atoms with Crippen LogP contribution in [0.4, 0.5) is 0 Å². The van der Waals surface area contributed by atoms with Gasteiger partial charge in [0, 0.05) is 46.3 Å². The van der Waals surface area contributed by atoms with Gasteiger partial charge in [-0.25, -0.2) is 9.78 Å². The van der Waals surface area contributed by atoms with Gasteiger partial charge in [-0.15, -0.1) is 0 Å². The predicted octanol–water partition coefficient (Wildman–Crippen LogP) is 6.25. The molecule has 0 radical (unpaired) electrons. The number of halogens is 1. The molecule has 2 aliphatic rings. The molecule has 3 aromatic rings. The highest BCUT2D eigenvalue weighted by molar-refractivity contribution is 6.31. The molecule has 0 saturated carbocycles. The number of fused-ring (bicyclic) bond motifs is 1. The SMILES string of the molecule is CCOC(=O)C1=C(CCOCCn2c(C)nc3ccccc32)NC2=C(C(=O)C(C)(C)CC2)C1c1ccccc1Cl.